The number of nitrogens with one attached hydrogen (secondary N) is 1. The van der Waals surface area contributed by atoms with Gasteiger partial charge in [-0.05, 0) is 18.6 Å². The Kier molecular flexibility index (Phi) is 5.09. The molecule has 1 atom stereocenters. The Balaban J connectivity index is 2.37. The molecule has 1 aromatic heterocycles. The summed E-state index contributed by atoms with van der Waals surface area (Å²) in [5.74, 6) is -1.67. The molecule has 0 bridgehead atoms. The summed E-state index contributed by atoms with van der Waals surface area (Å²) in [5.41, 5.74) is 0.763. The van der Waals surface area contributed by atoms with E-state index in [1.165, 1.54) is 0 Å². The van der Waals surface area contributed by atoms with E-state index in [-0.39, 0.29) is 6.42 Å². The van der Waals surface area contributed by atoms with Crippen LogP contribution in [0, 0.1) is 0 Å². The van der Waals surface area contributed by atoms with E-state index in [0.717, 1.165) is 5.69 Å². The van der Waals surface area contributed by atoms with Gasteiger partial charge in [-0.25, -0.2) is 4.79 Å². The molecule has 17 heavy (non-hydrogen) atoms. The highest BCUT2D eigenvalue weighted by atomic mass is 16.4. The maximum absolute atomic E-state index is 11.4. The quantitative estimate of drug-likeness (QED) is 0.625. The third kappa shape index (κ3) is 4.60. The van der Waals surface area contributed by atoms with Crippen LogP contribution in [-0.4, -0.2) is 39.7 Å². The first-order valence-corrected chi connectivity index (χ1v) is 5.16. The van der Waals surface area contributed by atoms with E-state index in [1.54, 1.807) is 18.3 Å². The van der Waals surface area contributed by atoms with Gasteiger partial charge >= 0.3 is 5.97 Å². The molecule has 0 aromatic carbocycles. The van der Waals surface area contributed by atoms with Crippen molar-refractivity contribution in [2.75, 3.05) is 6.61 Å². The summed E-state index contributed by atoms with van der Waals surface area (Å²) in [4.78, 5) is 26.0. The molecule has 1 amide bonds. The molecule has 0 unspecified atom stereocenters. The third-order valence-corrected chi connectivity index (χ3v) is 2.15. The molecule has 6 heteroatoms. The van der Waals surface area contributed by atoms with E-state index in [2.05, 4.69) is 10.3 Å². The number of carbonyl (C=O) groups is 2. The minimum absolute atomic E-state index is 0.140. The summed E-state index contributed by atoms with van der Waals surface area (Å²) >= 11 is 0. The van der Waals surface area contributed by atoms with Gasteiger partial charge in [-0.15, -0.1) is 0 Å². The van der Waals surface area contributed by atoms with Gasteiger partial charge in [-0.2, -0.15) is 0 Å². The maximum atomic E-state index is 11.4. The van der Waals surface area contributed by atoms with Crippen molar-refractivity contribution < 1.29 is 19.8 Å². The molecule has 1 rings (SSSR count). The number of hydrogen-bond acceptors (Lipinski definition) is 4. The van der Waals surface area contributed by atoms with Gasteiger partial charge in [0.25, 0.3) is 0 Å². The van der Waals surface area contributed by atoms with Crippen molar-refractivity contribution in [1.82, 2.24) is 10.3 Å². The zero-order valence-corrected chi connectivity index (χ0v) is 9.17. The van der Waals surface area contributed by atoms with Crippen LogP contribution in [0.4, 0.5) is 0 Å². The van der Waals surface area contributed by atoms with E-state index in [1.807, 2.05) is 6.07 Å². The predicted molar refractivity (Wildman–Crippen MR) is 59.2 cm³/mol. The summed E-state index contributed by atoms with van der Waals surface area (Å²) in [6.45, 7) is -0.620. The van der Waals surface area contributed by atoms with E-state index in [0.29, 0.717) is 6.42 Å². The van der Waals surface area contributed by atoms with Crippen molar-refractivity contribution >= 4 is 11.9 Å². The van der Waals surface area contributed by atoms with Crippen molar-refractivity contribution in [3.63, 3.8) is 0 Å². The van der Waals surface area contributed by atoms with Crippen LogP contribution >= 0.6 is 0 Å². The van der Waals surface area contributed by atoms with Crippen LogP contribution in [0.25, 0.3) is 0 Å². The molecule has 0 aliphatic heterocycles. The Morgan fingerprint density at radius 3 is 2.71 bits per heavy atom. The molecule has 0 radical (unpaired) electrons. The van der Waals surface area contributed by atoms with Crippen LogP contribution < -0.4 is 5.32 Å². The summed E-state index contributed by atoms with van der Waals surface area (Å²) in [5, 5.41) is 19.6. The molecule has 6 nitrogen and oxygen atoms in total. The second-order valence-electron chi connectivity index (χ2n) is 3.46. The zero-order valence-electron chi connectivity index (χ0n) is 9.17. The number of carboxylic acids is 1. The Bertz CT molecular complexity index is 380. The summed E-state index contributed by atoms with van der Waals surface area (Å²) in [6.07, 6.45) is 2.20. The van der Waals surface area contributed by atoms with Gasteiger partial charge in [0, 0.05) is 18.3 Å². The van der Waals surface area contributed by atoms with Crippen molar-refractivity contribution in [2.45, 2.75) is 18.9 Å². The standard InChI is InChI=1S/C11H14N2O4/c14-7-9(11(16)17)13-10(15)5-4-8-3-1-2-6-12-8/h1-3,6,9,14H,4-5,7H2,(H,13,15)(H,16,17)/t9-/m1/s1. The molecular formula is C11H14N2O4. The molecule has 0 saturated heterocycles. The second-order valence-corrected chi connectivity index (χ2v) is 3.46. The normalized spacial score (nSPS) is 11.8. The second kappa shape index (κ2) is 6.59. The van der Waals surface area contributed by atoms with Gasteiger partial charge in [-0.1, -0.05) is 6.07 Å². The van der Waals surface area contributed by atoms with Crippen molar-refractivity contribution in [3.8, 4) is 0 Å². The minimum Gasteiger partial charge on any atom is -0.480 e. The zero-order chi connectivity index (χ0) is 12.7. The molecule has 0 spiro atoms. The Morgan fingerprint density at radius 2 is 2.18 bits per heavy atom. The largest absolute Gasteiger partial charge is 0.480 e. The number of aryl methyl sites for hydroxylation is 1. The highest BCUT2D eigenvalue weighted by Gasteiger charge is 2.18. The Morgan fingerprint density at radius 1 is 1.41 bits per heavy atom. The van der Waals surface area contributed by atoms with E-state index in [9.17, 15) is 9.59 Å². The number of rotatable bonds is 6. The fraction of sp³-hybridized carbons (Fsp3) is 0.364. The highest BCUT2D eigenvalue weighted by molar-refractivity contribution is 5.83. The SMILES string of the molecule is O=C(CCc1ccccn1)N[C@H](CO)C(=O)O. The van der Waals surface area contributed by atoms with Crippen LogP contribution in [0.2, 0.25) is 0 Å². The van der Waals surface area contributed by atoms with Crippen LogP contribution in [-0.2, 0) is 16.0 Å². The molecule has 0 aliphatic rings. The van der Waals surface area contributed by atoms with E-state index >= 15 is 0 Å². The Hall–Kier alpha value is -1.95. The summed E-state index contributed by atoms with van der Waals surface area (Å²) < 4.78 is 0. The number of aliphatic hydroxyl groups excluding tert-OH is 1. The first-order valence-electron chi connectivity index (χ1n) is 5.16. The lowest BCUT2D eigenvalue weighted by molar-refractivity contribution is -0.142. The molecule has 1 heterocycles. The number of pyridine rings is 1. The van der Waals surface area contributed by atoms with Gasteiger partial charge in [0.15, 0.2) is 0 Å². The summed E-state index contributed by atoms with van der Waals surface area (Å²) in [7, 11) is 0. The number of carbonyl (C=O) groups excluding carboxylic acids is 1. The molecule has 0 saturated carbocycles. The molecule has 1 aromatic rings. The molecule has 3 N–H and O–H groups in total. The average molecular weight is 238 g/mol. The maximum Gasteiger partial charge on any atom is 0.328 e. The average Bonchev–Trinajstić information content (AvgIpc) is 2.34. The van der Waals surface area contributed by atoms with Gasteiger partial charge < -0.3 is 15.5 Å². The predicted octanol–water partition coefficient (Wildman–Crippen LogP) is -0.424. The first-order chi connectivity index (χ1) is 8.13. The van der Waals surface area contributed by atoms with Crippen molar-refractivity contribution in [3.05, 3.63) is 30.1 Å². The molecule has 0 fully saturated rings. The monoisotopic (exact) mass is 238 g/mol. The van der Waals surface area contributed by atoms with E-state index in [4.69, 9.17) is 10.2 Å². The highest BCUT2D eigenvalue weighted by Crippen LogP contribution is 1.98. The molecule has 0 aliphatic carbocycles. The lowest BCUT2D eigenvalue weighted by Gasteiger charge is -2.11. The number of aliphatic carboxylic acids is 1. The fourth-order valence-electron chi connectivity index (χ4n) is 1.24. The number of carboxylic acid groups (broad SMARTS) is 1. The van der Waals surface area contributed by atoms with Crippen LogP contribution in [0.3, 0.4) is 0 Å². The third-order valence-electron chi connectivity index (χ3n) is 2.15. The number of aromatic nitrogens is 1. The van der Waals surface area contributed by atoms with Gasteiger partial charge in [-0.3, -0.25) is 9.78 Å². The van der Waals surface area contributed by atoms with Crippen molar-refractivity contribution in [2.24, 2.45) is 0 Å². The molecule has 92 valence electrons. The number of amides is 1. The summed E-state index contributed by atoms with van der Waals surface area (Å²) in [6, 6.07) is 4.13. The smallest absolute Gasteiger partial charge is 0.328 e. The number of nitrogens with zero attached hydrogens (tertiary/aromatic N) is 1. The van der Waals surface area contributed by atoms with Gasteiger partial charge in [0.2, 0.25) is 5.91 Å². The van der Waals surface area contributed by atoms with Crippen molar-refractivity contribution in [1.29, 1.82) is 0 Å². The van der Waals surface area contributed by atoms with Crippen LogP contribution in [0.1, 0.15) is 12.1 Å². The first kappa shape index (κ1) is 13.1. The van der Waals surface area contributed by atoms with Gasteiger partial charge in [0.1, 0.15) is 6.04 Å². The number of hydrogen-bond donors (Lipinski definition) is 3. The lowest BCUT2D eigenvalue weighted by Crippen LogP contribution is -2.43. The number of aliphatic hydroxyl groups is 1. The minimum atomic E-state index is -1.25. The van der Waals surface area contributed by atoms with E-state index < -0.39 is 24.5 Å². The van der Waals surface area contributed by atoms with Gasteiger partial charge in [0.05, 0.1) is 6.61 Å². The van der Waals surface area contributed by atoms with Crippen LogP contribution in [0.5, 0.6) is 0 Å². The Labute approximate surface area is 98.3 Å². The lowest BCUT2D eigenvalue weighted by atomic mass is 10.2. The van der Waals surface area contributed by atoms with Crippen LogP contribution in [0.15, 0.2) is 24.4 Å². The topological polar surface area (TPSA) is 99.5 Å². The molecular weight excluding hydrogens is 224 g/mol. The fourth-order valence-corrected chi connectivity index (χ4v) is 1.24.